The standard InChI is InChI=1S/C16H12F3N7O2/c1-27-14-21-6-9(7-22-14)28-15-23-8-11(25-15)12-10(5-16(17,18)19)24-13-20-3-2-4-26(12)13/h2-4,6-8H,5H2,1H3,(H,23,25). The maximum atomic E-state index is 13.0. The van der Waals surface area contributed by atoms with Gasteiger partial charge >= 0.3 is 12.2 Å². The highest BCUT2D eigenvalue weighted by Gasteiger charge is 2.32. The van der Waals surface area contributed by atoms with E-state index in [1.165, 1.54) is 36.3 Å². The number of H-pyrrole nitrogens is 1. The lowest BCUT2D eigenvalue weighted by Crippen LogP contribution is -2.12. The van der Waals surface area contributed by atoms with Crippen LogP contribution in [0.3, 0.4) is 0 Å². The highest BCUT2D eigenvalue weighted by Crippen LogP contribution is 2.30. The summed E-state index contributed by atoms with van der Waals surface area (Å²) < 4.78 is 50.7. The van der Waals surface area contributed by atoms with Gasteiger partial charge in [-0.2, -0.15) is 23.1 Å². The van der Waals surface area contributed by atoms with Crippen molar-refractivity contribution < 1.29 is 22.6 Å². The lowest BCUT2D eigenvalue weighted by atomic mass is 10.2. The maximum absolute atomic E-state index is 13.0. The van der Waals surface area contributed by atoms with Crippen LogP contribution in [0.2, 0.25) is 0 Å². The van der Waals surface area contributed by atoms with Crippen LogP contribution >= 0.6 is 0 Å². The summed E-state index contributed by atoms with van der Waals surface area (Å²) >= 11 is 0. The molecule has 0 fully saturated rings. The molecule has 0 aliphatic carbocycles. The van der Waals surface area contributed by atoms with E-state index in [9.17, 15) is 13.2 Å². The molecule has 0 aromatic carbocycles. The molecule has 9 nitrogen and oxygen atoms in total. The molecule has 0 saturated heterocycles. The minimum absolute atomic E-state index is 0.0561. The van der Waals surface area contributed by atoms with Crippen molar-refractivity contribution in [1.82, 2.24) is 34.3 Å². The molecule has 0 atom stereocenters. The molecule has 0 aliphatic rings. The quantitative estimate of drug-likeness (QED) is 0.558. The molecule has 0 bridgehead atoms. The van der Waals surface area contributed by atoms with Gasteiger partial charge in [-0.15, -0.1) is 0 Å². The third kappa shape index (κ3) is 3.56. The predicted molar refractivity (Wildman–Crippen MR) is 89.0 cm³/mol. The van der Waals surface area contributed by atoms with E-state index in [2.05, 4.69) is 29.9 Å². The van der Waals surface area contributed by atoms with Crippen molar-refractivity contribution >= 4 is 5.78 Å². The van der Waals surface area contributed by atoms with Gasteiger partial charge in [-0.25, -0.2) is 15.0 Å². The number of ether oxygens (including phenoxy) is 2. The zero-order chi connectivity index (χ0) is 19.7. The highest BCUT2D eigenvalue weighted by molar-refractivity contribution is 5.62. The highest BCUT2D eigenvalue weighted by atomic mass is 19.4. The molecular weight excluding hydrogens is 379 g/mol. The molecule has 0 aliphatic heterocycles. The number of hydrogen-bond acceptors (Lipinski definition) is 7. The summed E-state index contributed by atoms with van der Waals surface area (Å²) in [4.78, 5) is 22.7. The average molecular weight is 391 g/mol. The van der Waals surface area contributed by atoms with Crippen molar-refractivity contribution in [3.8, 4) is 29.2 Å². The van der Waals surface area contributed by atoms with Crippen molar-refractivity contribution in [3.05, 3.63) is 42.7 Å². The van der Waals surface area contributed by atoms with E-state index in [1.807, 2.05) is 0 Å². The molecule has 0 amide bonds. The fourth-order valence-corrected chi connectivity index (χ4v) is 2.58. The third-order valence-electron chi connectivity index (χ3n) is 3.65. The van der Waals surface area contributed by atoms with E-state index in [0.717, 1.165) is 0 Å². The van der Waals surface area contributed by atoms with Gasteiger partial charge < -0.3 is 14.5 Å². The minimum atomic E-state index is -4.42. The van der Waals surface area contributed by atoms with E-state index in [1.54, 1.807) is 12.3 Å². The number of fused-ring (bicyclic) bond motifs is 1. The van der Waals surface area contributed by atoms with Gasteiger partial charge in [0.2, 0.25) is 5.78 Å². The number of nitrogens with zero attached hydrogens (tertiary/aromatic N) is 6. The van der Waals surface area contributed by atoms with Gasteiger partial charge in [0, 0.05) is 12.4 Å². The van der Waals surface area contributed by atoms with Crippen LogP contribution in [-0.2, 0) is 6.42 Å². The van der Waals surface area contributed by atoms with Crippen molar-refractivity contribution in [2.75, 3.05) is 7.11 Å². The van der Waals surface area contributed by atoms with Crippen LogP contribution < -0.4 is 9.47 Å². The first kappa shape index (κ1) is 17.7. The summed E-state index contributed by atoms with van der Waals surface area (Å²) in [5.74, 6) is 0.425. The molecule has 0 spiro atoms. The summed E-state index contributed by atoms with van der Waals surface area (Å²) in [5, 5.41) is 0. The van der Waals surface area contributed by atoms with Crippen LogP contribution in [0.5, 0.6) is 17.8 Å². The first-order valence-corrected chi connectivity index (χ1v) is 7.91. The van der Waals surface area contributed by atoms with Crippen molar-refractivity contribution in [2.45, 2.75) is 12.6 Å². The molecule has 4 heterocycles. The molecule has 4 aromatic heterocycles. The second kappa shape index (κ2) is 6.79. The average Bonchev–Trinajstić information content (AvgIpc) is 3.24. The summed E-state index contributed by atoms with van der Waals surface area (Å²) in [7, 11) is 1.43. The third-order valence-corrected chi connectivity index (χ3v) is 3.65. The van der Waals surface area contributed by atoms with Gasteiger partial charge in [-0.3, -0.25) is 4.40 Å². The van der Waals surface area contributed by atoms with Gasteiger partial charge in [0.05, 0.1) is 49.2 Å². The Morgan fingerprint density at radius 1 is 1.11 bits per heavy atom. The second-order valence-electron chi connectivity index (χ2n) is 5.60. The van der Waals surface area contributed by atoms with Gasteiger partial charge in [0.25, 0.3) is 6.01 Å². The summed E-state index contributed by atoms with van der Waals surface area (Å²) in [5.41, 5.74) is 0.326. The Morgan fingerprint density at radius 2 is 1.89 bits per heavy atom. The number of methoxy groups -OCH3 is 1. The predicted octanol–water partition coefficient (Wildman–Crippen LogP) is 2.82. The normalized spacial score (nSPS) is 11.7. The smallest absolute Gasteiger partial charge is 0.394 e. The molecular formula is C16H12F3N7O2. The Kier molecular flexibility index (Phi) is 4.29. The number of alkyl halides is 3. The van der Waals surface area contributed by atoms with Crippen LogP contribution in [0, 0.1) is 0 Å². The number of halogens is 3. The van der Waals surface area contributed by atoms with Crippen LogP contribution in [0.25, 0.3) is 17.2 Å². The lowest BCUT2D eigenvalue weighted by Gasteiger charge is -2.06. The first-order chi connectivity index (χ1) is 13.4. The molecule has 0 saturated carbocycles. The molecule has 4 aromatic rings. The largest absolute Gasteiger partial charge is 0.467 e. The molecule has 144 valence electrons. The summed E-state index contributed by atoms with van der Waals surface area (Å²) in [6, 6.07) is 1.82. The topological polar surface area (TPSA) is 103 Å². The van der Waals surface area contributed by atoms with E-state index >= 15 is 0 Å². The van der Waals surface area contributed by atoms with Crippen molar-refractivity contribution in [1.29, 1.82) is 0 Å². The summed E-state index contributed by atoms with van der Waals surface area (Å²) in [6.07, 6.45) is 1.51. The van der Waals surface area contributed by atoms with Gasteiger partial charge in [-0.05, 0) is 6.07 Å². The Hall–Kier alpha value is -3.70. The van der Waals surface area contributed by atoms with Crippen molar-refractivity contribution in [3.63, 3.8) is 0 Å². The molecule has 12 heteroatoms. The summed E-state index contributed by atoms with van der Waals surface area (Å²) in [6.45, 7) is 0. The fraction of sp³-hybridized carbons (Fsp3) is 0.188. The maximum Gasteiger partial charge on any atom is 0.394 e. The van der Waals surface area contributed by atoms with Gasteiger partial charge in [0.15, 0.2) is 5.75 Å². The number of hydrogen-bond donors (Lipinski definition) is 1. The van der Waals surface area contributed by atoms with Crippen LogP contribution in [-0.4, -0.2) is 47.6 Å². The fourth-order valence-electron chi connectivity index (χ4n) is 2.58. The van der Waals surface area contributed by atoms with Crippen LogP contribution in [0.15, 0.2) is 37.1 Å². The minimum Gasteiger partial charge on any atom is -0.467 e. The number of rotatable bonds is 5. The molecule has 0 radical (unpaired) electrons. The van der Waals surface area contributed by atoms with Gasteiger partial charge in [0.1, 0.15) is 0 Å². The van der Waals surface area contributed by atoms with Crippen LogP contribution in [0.1, 0.15) is 5.69 Å². The van der Waals surface area contributed by atoms with E-state index in [4.69, 9.17) is 9.47 Å². The van der Waals surface area contributed by atoms with E-state index in [-0.39, 0.29) is 34.9 Å². The molecule has 0 unspecified atom stereocenters. The molecule has 1 N–H and O–H groups in total. The number of nitrogens with one attached hydrogen (secondary N) is 1. The Bertz CT molecular complexity index is 1110. The number of imidazole rings is 2. The number of aromatic amines is 1. The zero-order valence-corrected chi connectivity index (χ0v) is 14.3. The SMILES string of the molecule is COc1ncc(Oc2ncc(-c3c(CC(F)(F)F)nc4ncccn34)[nH]2)cn1. The Balaban J connectivity index is 1.69. The molecule has 28 heavy (non-hydrogen) atoms. The van der Waals surface area contributed by atoms with Crippen LogP contribution in [0.4, 0.5) is 13.2 Å². The molecule has 4 rings (SSSR count). The zero-order valence-electron chi connectivity index (χ0n) is 14.3. The van der Waals surface area contributed by atoms with Gasteiger partial charge in [-0.1, -0.05) is 0 Å². The first-order valence-electron chi connectivity index (χ1n) is 7.91. The number of aromatic nitrogens is 7. The Labute approximate surface area is 155 Å². The van der Waals surface area contributed by atoms with E-state index in [0.29, 0.717) is 5.69 Å². The lowest BCUT2D eigenvalue weighted by molar-refractivity contribution is -0.127. The van der Waals surface area contributed by atoms with Crippen molar-refractivity contribution in [2.24, 2.45) is 0 Å². The Morgan fingerprint density at radius 3 is 2.61 bits per heavy atom. The second-order valence-corrected chi connectivity index (χ2v) is 5.60. The monoisotopic (exact) mass is 391 g/mol. The van der Waals surface area contributed by atoms with E-state index < -0.39 is 12.6 Å².